The summed E-state index contributed by atoms with van der Waals surface area (Å²) in [4.78, 5) is 28.1. The minimum absolute atomic E-state index is 0.0677. The first-order valence-corrected chi connectivity index (χ1v) is 12.9. The fourth-order valence-corrected chi connectivity index (χ4v) is 4.89. The Labute approximate surface area is 213 Å². The maximum atomic E-state index is 13.2. The lowest BCUT2D eigenvalue weighted by Gasteiger charge is -2.35. The predicted molar refractivity (Wildman–Crippen MR) is 146 cm³/mol. The van der Waals surface area contributed by atoms with Crippen LogP contribution in [-0.2, 0) is 6.42 Å². The minimum atomic E-state index is -0.327. The summed E-state index contributed by atoms with van der Waals surface area (Å²) in [6.45, 7) is 3.79. The van der Waals surface area contributed by atoms with E-state index in [0.29, 0.717) is 17.2 Å². The summed E-state index contributed by atoms with van der Waals surface area (Å²) in [6, 6.07) is 23.9. The van der Waals surface area contributed by atoms with Gasteiger partial charge in [0, 0.05) is 36.2 Å². The highest BCUT2D eigenvalue weighted by molar-refractivity contribution is 6.04. The van der Waals surface area contributed by atoms with Gasteiger partial charge in [0.2, 0.25) is 0 Å². The zero-order chi connectivity index (χ0) is 24.9. The predicted octanol–water partition coefficient (Wildman–Crippen LogP) is 5.99. The molecule has 0 bridgehead atoms. The molecule has 3 amide bonds. The van der Waals surface area contributed by atoms with Crippen LogP contribution in [0.15, 0.2) is 72.8 Å². The van der Waals surface area contributed by atoms with Crippen LogP contribution >= 0.6 is 0 Å². The van der Waals surface area contributed by atoms with Gasteiger partial charge >= 0.3 is 6.03 Å². The van der Waals surface area contributed by atoms with Crippen molar-refractivity contribution < 1.29 is 9.59 Å². The molecule has 0 aromatic heterocycles. The van der Waals surface area contributed by atoms with Crippen LogP contribution in [0, 0.1) is 12.8 Å². The third kappa shape index (κ3) is 6.06. The lowest BCUT2D eigenvalue weighted by molar-refractivity contribution is 0.0951. The number of nitrogens with one attached hydrogen (secondary N) is 3. The molecule has 2 aliphatic rings. The second-order valence-electron chi connectivity index (χ2n) is 9.99. The molecule has 1 aliphatic carbocycles. The SMILES string of the molecule is Cc1ccccc1NC(=O)Nc1ccc(N2CCC(Cc3ccccc3)CC2)c(C(=O)NC2CC2)c1. The number of benzene rings is 3. The number of urea groups is 1. The van der Waals surface area contributed by atoms with E-state index < -0.39 is 0 Å². The molecule has 1 heterocycles. The quantitative estimate of drug-likeness (QED) is 0.387. The van der Waals surface area contributed by atoms with Crippen LogP contribution in [0.25, 0.3) is 0 Å². The van der Waals surface area contributed by atoms with Crippen molar-refractivity contribution in [1.82, 2.24) is 5.32 Å². The molecule has 0 radical (unpaired) electrons. The number of nitrogens with zero attached hydrogens (tertiary/aromatic N) is 1. The molecule has 0 spiro atoms. The zero-order valence-corrected chi connectivity index (χ0v) is 20.8. The largest absolute Gasteiger partial charge is 0.371 e. The molecule has 3 aromatic rings. The Kier molecular flexibility index (Phi) is 7.21. The summed E-state index contributed by atoms with van der Waals surface area (Å²) in [5.41, 5.74) is 5.30. The molecule has 5 rings (SSSR count). The fraction of sp³-hybridized carbons (Fsp3) is 0.333. The van der Waals surface area contributed by atoms with Gasteiger partial charge in [-0.1, -0.05) is 48.5 Å². The molecule has 36 heavy (non-hydrogen) atoms. The van der Waals surface area contributed by atoms with Crippen LogP contribution in [0.2, 0.25) is 0 Å². The van der Waals surface area contributed by atoms with Crippen LogP contribution in [0.4, 0.5) is 21.9 Å². The van der Waals surface area contributed by atoms with Gasteiger partial charge in [-0.05, 0) is 80.3 Å². The van der Waals surface area contributed by atoms with E-state index in [4.69, 9.17) is 0 Å². The van der Waals surface area contributed by atoms with Crippen molar-refractivity contribution >= 4 is 29.0 Å². The summed E-state index contributed by atoms with van der Waals surface area (Å²) in [5.74, 6) is 0.584. The number of hydrogen-bond acceptors (Lipinski definition) is 3. The van der Waals surface area contributed by atoms with E-state index in [1.165, 1.54) is 5.56 Å². The second kappa shape index (κ2) is 10.9. The first kappa shape index (κ1) is 23.9. The molecule has 1 saturated carbocycles. The Morgan fingerprint density at radius 2 is 1.58 bits per heavy atom. The van der Waals surface area contributed by atoms with Crippen LogP contribution < -0.4 is 20.9 Å². The molecule has 6 nitrogen and oxygen atoms in total. The maximum Gasteiger partial charge on any atom is 0.323 e. The van der Waals surface area contributed by atoms with Gasteiger partial charge in [0.1, 0.15) is 0 Å². The van der Waals surface area contributed by atoms with Crippen LogP contribution in [0.5, 0.6) is 0 Å². The summed E-state index contributed by atoms with van der Waals surface area (Å²) < 4.78 is 0. The van der Waals surface area contributed by atoms with E-state index in [0.717, 1.165) is 62.1 Å². The summed E-state index contributed by atoms with van der Waals surface area (Å²) >= 11 is 0. The smallest absolute Gasteiger partial charge is 0.323 e. The summed E-state index contributed by atoms with van der Waals surface area (Å²) in [7, 11) is 0. The van der Waals surface area contributed by atoms with Crippen LogP contribution in [0.1, 0.15) is 47.2 Å². The number of para-hydroxylation sites is 1. The number of hydrogen-bond donors (Lipinski definition) is 3. The molecule has 6 heteroatoms. The highest BCUT2D eigenvalue weighted by Gasteiger charge is 2.28. The van der Waals surface area contributed by atoms with Crippen LogP contribution in [0.3, 0.4) is 0 Å². The van der Waals surface area contributed by atoms with E-state index in [2.05, 4.69) is 51.2 Å². The third-order valence-corrected chi connectivity index (χ3v) is 7.13. The van der Waals surface area contributed by atoms with Crippen molar-refractivity contribution in [2.24, 2.45) is 5.92 Å². The van der Waals surface area contributed by atoms with Gasteiger partial charge in [0.15, 0.2) is 0 Å². The number of piperidine rings is 1. The summed E-state index contributed by atoms with van der Waals surface area (Å²) in [5, 5.41) is 8.91. The molecule has 0 atom stereocenters. The molecular weight excluding hydrogens is 448 g/mol. The molecule has 1 aliphatic heterocycles. The molecule has 3 N–H and O–H groups in total. The topological polar surface area (TPSA) is 73.5 Å². The maximum absolute atomic E-state index is 13.2. The lowest BCUT2D eigenvalue weighted by Crippen LogP contribution is -2.36. The first-order chi connectivity index (χ1) is 17.5. The molecule has 186 valence electrons. The van der Waals surface area contributed by atoms with Crippen molar-refractivity contribution in [3.05, 3.63) is 89.5 Å². The van der Waals surface area contributed by atoms with Gasteiger partial charge in [-0.15, -0.1) is 0 Å². The Hall–Kier alpha value is -3.80. The molecular formula is C30H34N4O2. The van der Waals surface area contributed by atoms with E-state index in [1.807, 2.05) is 43.3 Å². The van der Waals surface area contributed by atoms with Crippen molar-refractivity contribution in [3.63, 3.8) is 0 Å². The Balaban J connectivity index is 1.28. The Bertz CT molecular complexity index is 1210. The number of rotatable bonds is 7. The van der Waals surface area contributed by atoms with Gasteiger partial charge in [-0.25, -0.2) is 4.79 Å². The Morgan fingerprint density at radius 1 is 0.861 bits per heavy atom. The molecule has 1 saturated heterocycles. The minimum Gasteiger partial charge on any atom is -0.371 e. The zero-order valence-electron chi connectivity index (χ0n) is 20.8. The van der Waals surface area contributed by atoms with Gasteiger partial charge in [0.25, 0.3) is 5.91 Å². The van der Waals surface area contributed by atoms with E-state index in [-0.39, 0.29) is 18.0 Å². The first-order valence-electron chi connectivity index (χ1n) is 12.9. The van der Waals surface area contributed by atoms with Crippen molar-refractivity contribution in [2.75, 3.05) is 28.6 Å². The highest BCUT2D eigenvalue weighted by atomic mass is 16.2. The van der Waals surface area contributed by atoms with Crippen molar-refractivity contribution in [2.45, 2.75) is 45.1 Å². The number of anilines is 3. The van der Waals surface area contributed by atoms with Crippen LogP contribution in [-0.4, -0.2) is 31.1 Å². The highest BCUT2D eigenvalue weighted by Crippen LogP contribution is 2.31. The van der Waals surface area contributed by atoms with Gasteiger partial charge in [-0.3, -0.25) is 4.79 Å². The average Bonchev–Trinajstić information content (AvgIpc) is 3.71. The number of carbonyl (C=O) groups is 2. The monoisotopic (exact) mass is 482 g/mol. The average molecular weight is 483 g/mol. The normalized spacial score (nSPS) is 15.9. The molecule has 3 aromatic carbocycles. The van der Waals surface area contributed by atoms with Crippen molar-refractivity contribution in [1.29, 1.82) is 0 Å². The number of aryl methyl sites for hydroxylation is 1. The van der Waals surface area contributed by atoms with Gasteiger partial charge < -0.3 is 20.9 Å². The molecule has 0 unspecified atom stereocenters. The van der Waals surface area contributed by atoms with E-state index in [9.17, 15) is 9.59 Å². The third-order valence-electron chi connectivity index (χ3n) is 7.13. The number of carbonyl (C=O) groups excluding carboxylic acids is 2. The number of amides is 3. The van der Waals surface area contributed by atoms with E-state index >= 15 is 0 Å². The second-order valence-corrected chi connectivity index (χ2v) is 9.99. The summed E-state index contributed by atoms with van der Waals surface area (Å²) in [6.07, 6.45) is 5.35. The standard InChI is InChI=1S/C30H34N4O2/c1-21-7-5-6-10-27(21)33-30(36)32-25-13-14-28(26(20-25)29(35)31-24-11-12-24)34-17-15-23(16-18-34)19-22-8-3-2-4-9-22/h2-10,13-14,20,23-24H,11-12,15-19H2,1H3,(H,31,35)(H2,32,33,36). The lowest BCUT2D eigenvalue weighted by atomic mass is 9.89. The van der Waals surface area contributed by atoms with Gasteiger partial charge in [0.05, 0.1) is 5.56 Å². The van der Waals surface area contributed by atoms with Gasteiger partial charge in [-0.2, -0.15) is 0 Å². The Morgan fingerprint density at radius 3 is 2.31 bits per heavy atom. The molecule has 2 fully saturated rings. The van der Waals surface area contributed by atoms with Crippen molar-refractivity contribution in [3.8, 4) is 0 Å². The fourth-order valence-electron chi connectivity index (χ4n) is 4.89. The van der Waals surface area contributed by atoms with E-state index in [1.54, 1.807) is 6.07 Å².